The molecule has 0 saturated heterocycles. The van der Waals surface area contributed by atoms with Gasteiger partial charge in [-0.15, -0.1) is 0 Å². The van der Waals surface area contributed by atoms with Crippen LogP contribution < -0.4 is 5.32 Å². The number of ether oxygens (including phenoxy) is 1. The molecule has 0 aromatic carbocycles. The fourth-order valence-electron chi connectivity index (χ4n) is 7.16. The minimum Gasteiger partial charge on any atom is -0.462 e. The molecule has 0 aromatic rings. The van der Waals surface area contributed by atoms with Crippen LogP contribution in [0.1, 0.15) is 226 Å². The molecule has 0 radical (unpaired) electrons. The fourth-order valence-corrected chi connectivity index (χ4v) is 7.16. The SMILES string of the molecule is CC/C=C/C=C/C=C\C=C/C=C/CCCC(CC(=O)NC(CO)C(O)CCCCCCCCCCCCCCCCC)OC(=O)CCCCCCC/C=C\CCCCC. The molecule has 0 aromatic heterocycles. The monoisotopic (exact) mass is 824 g/mol. The lowest BCUT2D eigenvalue weighted by molar-refractivity contribution is -0.151. The third kappa shape index (κ3) is 41.8. The zero-order valence-corrected chi connectivity index (χ0v) is 38.6. The number of nitrogens with one attached hydrogen (secondary N) is 1. The third-order valence-electron chi connectivity index (χ3n) is 10.9. The van der Waals surface area contributed by atoms with Crippen LogP contribution in [0.3, 0.4) is 0 Å². The average molecular weight is 824 g/mol. The quantitative estimate of drug-likeness (QED) is 0.0246. The molecule has 0 aliphatic rings. The molecule has 3 unspecified atom stereocenters. The number of aliphatic hydroxyl groups is 2. The maximum absolute atomic E-state index is 13.2. The molecule has 0 rings (SSSR count). The van der Waals surface area contributed by atoms with E-state index in [-0.39, 0.29) is 24.9 Å². The summed E-state index contributed by atoms with van der Waals surface area (Å²) < 4.78 is 5.87. The van der Waals surface area contributed by atoms with Crippen LogP contribution in [0.2, 0.25) is 0 Å². The molecule has 0 saturated carbocycles. The van der Waals surface area contributed by atoms with E-state index in [2.05, 4.69) is 50.4 Å². The van der Waals surface area contributed by atoms with Crippen molar-refractivity contribution in [2.24, 2.45) is 0 Å². The van der Waals surface area contributed by atoms with Crippen LogP contribution in [0.15, 0.2) is 72.9 Å². The van der Waals surface area contributed by atoms with Gasteiger partial charge in [0.1, 0.15) is 6.10 Å². The number of aliphatic hydroxyl groups excluding tert-OH is 2. The Hall–Kier alpha value is -2.70. The molecule has 0 spiro atoms. The summed E-state index contributed by atoms with van der Waals surface area (Å²) in [5.41, 5.74) is 0. The second-order valence-corrected chi connectivity index (χ2v) is 16.6. The van der Waals surface area contributed by atoms with E-state index in [1.54, 1.807) is 0 Å². The first-order chi connectivity index (χ1) is 29.0. The Kier molecular flexibility index (Phi) is 44.2. The molecule has 1 amide bonds. The minimum absolute atomic E-state index is 0.0231. The molecule has 59 heavy (non-hydrogen) atoms. The summed E-state index contributed by atoms with van der Waals surface area (Å²) in [4.78, 5) is 26.0. The van der Waals surface area contributed by atoms with Crippen molar-refractivity contribution in [2.75, 3.05) is 6.61 Å². The number of rotatable bonds is 43. The van der Waals surface area contributed by atoms with E-state index < -0.39 is 18.2 Å². The van der Waals surface area contributed by atoms with Crippen LogP contribution in [0, 0.1) is 0 Å². The maximum Gasteiger partial charge on any atom is 0.306 e. The van der Waals surface area contributed by atoms with Crippen LogP contribution >= 0.6 is 0 Å². The highest BCUT2D eigenvalue weighted by Crippen LogP contribution is 2.17. The van der Waals surface area contributed by atoms with Crippen molar-refractivity contribution in [1.82, 2.24) is 5.32 Å². The third-order valence-corrected chi connectivity index (χ3v) is 10.9. The van der Waals surface area contributed by atoms with Gasteiger partial charge in [-0.2, -0.15) is 0 Å². The van der Waals surface area contributed by atoms with Gasteiger partial charge in [0.2, 0.25) is 5.91 Å². The van der Waals surface area contributed by atoms with Gasteiger partial charge in [-0.3, -0.25) is 9.59 Å². The van der Waals surface area contributed by atoms with Crippen molar-refractivity contribution in [1.29, 1.82) is 0 Å². The molecule has 0 aliphatic heterocycles. The van der Waals surface area contributed by atoms with Crippen molar-refractivity contribution >= 4 is 11.9 Å². The second kappa shape index (κ2) is 46.4. The first kappa shape index (κ1) is 56.3. The standard InChI is InChI=1S/C53H93NO5/c1-4-7-10-13-16-19-22-25-26-28-30-33-36-39-42-45-51(56)50(48-55)54-52(57)47-49(44-41-38-35-32-29-27-23-20-17-14-11-8-5-2)59-53(58)46-43-40-37-34-31-24-21-18-15-12-9-6-3/h8,11,14,17-18,20-21,23,27,29,32,35,49-51,55-56H,4-7,9-10,12-13,15-16,19,22,24-26,28,30-31,33-34,36-48H2,1-3H3,(H,54,57)/b11-8+,17-14+,21-18-,23-20-,29-27-,35-32+. The van der Waals surface area contributed by atoms with Gasteiger partial charge in [0.05, 0.1) is 25.2 Å². The van der Waals surface area contributed by atoms with Crippen molar-refractivity contribution in [3.8, 4) is 0 Å². The largest absolute Gasteiger partial charge is 0.462 e. The van der Waals surface area contributed by atoms with Crippen LogP contribution in [0.25, 0.3) is 0 Å². The van der Waals surface area contributed by atoms with E-state index >= 15 is 0 Å². The predicted octanol–water partition coefficient (Wildman–Crippen LogP) is 14.6. The van der Waals surface area contributed by atoms with Gasteiger partial charge in [-0.05, 0) is 64.2 Å². The van der Waals surface area contributed by atoms with Crippen LogP contribution in [0.5, 0.6) is 0 Å². The summed E-state index contributed by atoms with van der Waals surface area (Å²) in [7, 11) is 0. The summed E-state index contributed by atoms with van der Waals surface area (Å²) >= 11 is 0. The zero-order valence-electron chi connectivity index (χ0n) is 38.6. The molecule has 340 valence electrons. The van der Waals surface area contributed by atoms with Crippen LogP contribution in [0.4, 0.5) is 0 Å². The number of hydrogen-bond acceptors (Lipinski definition) is 5. The number of allylic oxidation sites excluding steroid dienone is 12. The van der Waals surface area contributed by atoms with Crippen molar-refractivity contribution in [3.63, 3.8) is 0 Å². The molecule has 6 heteroatoms. The first-order valence-corrected chi connectivity index (χ1v) is 24.7. The molecule has 0 fully saturated rings. The van der Waals surface area contributed by atoms with Crippen LogP contribution in [-0.2, 0) is 14.3 Å². The average Bonchev–Trinajstić information content (AvgIpc) is 3.23. The van der Waals surface area contributed by atoms with E-state index in [1.807, 2.05) is 48.6 Å². The Morgan fingerprint density at radius 1 is 0.508 bits per heavy atom. The van der Waals surface area contributed by atoms with E-state index in [4.69, 9.17) is 4.74 Å². The van der Waals surface area contributed by atoms with Gasteiger partial charge in [0.25, 0.3) is 0 Å². The van der Waals surface area contributed by atoms with Gasteiger partial charge in [-0.1, -0.05) is 222 Å². The topological polar surface area (TPSA) is 95.9 Å². The summed E-state index contributed by atoms with van der Waals surface area (Å²) in [5.74, 6) is -0.560. The van der Waals surface area contributed by atoms with Gasteiger partial charge in [0.15, 0.2) is 0 Å². The highest BCUT2D eigenvalue weighted by molar-refractivity contribution is 5.77. The summed E-state index contributed by atoms with van der Waals surface area (Å²) in [6, 6.07) is -0.728. The highest BCUT2D eigenvalue weighted by atomic mass is 16.5. The lowest BCUT2D eigenvalue weighted by Crippen LogP contribution is -2.46. The molecule has 0 heterocycles. The summed E-state index contributed by atoms with van der Waals surface area (Å²) in [6.45, 7) is 6.29. The Bertz CT molecular complexity index is 1110. The van der Waals surface area contributed by atoms with E-state index in [1.165, 1.54) is 116 Å². The predicted molar refractivity (Wildman–Crippen MR) is 255 cm³/mol. The number of amides is 1. The van der Waals surface area contributed by atoms with Gasteiger partial charge >= 0.3 is 5.97 Å². The van der Waals surface area contributed by atoms with Crippen molar-refractivity contribution in [2.45, 2.75) is 244 Å². The molecule has 3 atom stereocenters. The lowest BCUT2D eigenvalue weighted by atomic mass is 10.0. The number of carbonyl (C=O) groups is 2. The van der Waals surface area contributed by atoms with Gasteiger partial charge < -0.3 is 20.3 Å². The van der Waals surface area contributed by atoms with Gasteiger partial charge in [0, 0.05) is 6.42 Å². The Morgan fingerprint density at radius 2 is 0.949 bits per heavy atom. The van der Waals surface area contributed by atoms with Gasteiger partial charge in [-0.25, -0.2) is 0 Å². The fraction of sp³-hybridized carbons (Fsp3) is 0.736. The molecule has 0 bridgehead atoms. The Labute approximate surface area is 364 Å². The number of hydrogen-bond donors (Lipinski definition) is 3. The summed E-state index contributed by atoms with van der Waals surface area (Å²) in [5, 5.41) is 23.7. The zero-order chi connectivity index (χ0) is 43.1. The van der Waals surface area contributed by atoms with Crippen molar-refractivity contribution in [3.05, 3.63) is 72.9 Å². The summed E-state index contributed by atoms with van der Waals surface area (Å²) in [6.07, 6.45) is 58.2. The number of unbranched alkanes of at least 4 members (excludes halogenated alkanes) is 23. The molecular formula is C53H93NO5. The van der Waals surface area contributed by atoms with E-state index in [0.717, 1.165) is 64.2 Å². The van der Waals surface area contributed by atoms with Crippen LogP contribution in [-0.4, -0.2) is 46.9 Å². The molecular weight excluding hydrogens is 731 g/mol. The number of esters is 1. The van der Waals surface area contributed by atoms with Crippen molar-refractivity contribution < 1.29 is 24.5 Å². The lowest BCUT2D eigenvalue weighted by Gasteiger charge is -2.24. The molecule has 3 N–H and O–H groups in total. The maximum atomic E-state index is 13.2. The van der Waals surface area contributed by atoms with E-state index in [0.29, 0.717) is 19.3 Å². The minimum atomic E-state index is -0.810. The number of carbonyl (C=O) groups excluding carboxylic acids is 2. The molecule has 0 aliphatic carbocycles. The smallest absolute Gasteiger partial charge is 0.306 e. The van der Waals surface area contributed by atoms with E-state index in [9.17, 15) is 19.8 Å². The second-order valence-electron chi connectivity index (χ2n) is 16.6. The molecule has 6 nitrogen and oxygen atoms in total. The first-order valence-electron chi connectivity index (χ1n) is 24.7. The Morgan fingerprint density at radius 3 is 1.49 bits per heavy atom. The Balaban J connectivity index is 4.67. The normalized spacial score (nSPS) is 13.9. The highest BCUT2D eigenvalue weighted by Gasteiger charge is 2.24.